The van der Waals surface area contributed by atoms with Gasteiger partial charge in [-0.2, -0.15) is 4.98 Å². The first-order chi connectivity index (χ1) is 15.7. The lowest BCUT2D eigenvalue weighted by Gasteiger charge is -2.15. The molecular formula is C22H21FN6O4. The third kappa shape index (κ3) is 5.45. The zero-order valence-electron chi connectivity index (χ0n) is 17.8. The number of nitrogens with one attached hydrogen (secondary N) is 3. The number of amides is 1. The van der Waals surface area contributed by atoms with E-state index in [2.05, 4.69) is 25.6 Å². The predicted octanol–water partition coefficient (Wildman–Crippen LogP) is 3.49. The van der Waals surface area contributed by atoms with Crippen molar-refractivity contribution in [3.63, 3.8) is 0 Å². The van der Waals surface area contributed by atoms with E-state index in [-0.39, 0.29) is 18.1 Å². The molecule has 0 aliphatic rings. The summed E-state index contributed by atoms with van der Waals surface area (Å²) in [5.74, 6) is -0.602. The van der Waals surface area contributed by atoms with Crippen LogP contribution in [0.5, 0.6) is 5.75 Å². The zero-order valence-corrected chi connectivity index (χ0v) is 17.8. The third-order valence-corrected chi connectivity index (χ3v) is 4.61. The predicted molar refractivity (Wildman–Crippen MR) is 120 cm³/mol. The molecule has 11 heteroatoms. The number of aromatic nitrogens is 3. The quantitative estimate of drug-likeness (QED) is 0.317. The monoisotopic (exact) mass is 452 g/mol. The van der Waals surface area contributed by atoms with E-state index in [0.717, 1.165) is 5.56 Å². The summed E-state index contributed by atoms with van der Waals surface area (Å²) in [6, 6.07) is 9.18. The average molecular weight is 452 g/mol. The Labute approximate surface area is 187 Å². The first-order valence-electron chi connectivity index (χ1n) is 10.0. The van der Waals surface area contributed by atoms with Crippen LogP contribution in [-0.4, -0.2) is 27.0 Å². The molecule has 170 valence electrons. The van der Waals surface area contributed by atoms with Crippen LogP contribution in [0.15, 0.2) is 51.8 Å². The maximum Gasteiger partial charge on any atom is 0.417 e. The first kappa shape index (κ1) is 21.8. The second-order valence-corrected chi connectivity index (χ2v) is 7.48. The number of hydrogen-bond acceptors (Lipinski definition) is 8. The molecule has 0 fully saturated rings. The summed E-state index contributed by atoms with van der Waals surface area (Å²) in [5.41, 5.74) is 7.98. The van der Waals surface area contributed by atoms with Crippen LogP contribution >= 0.6 is 0 Å². The maximum absolute atomic E-state index is 14.1. The SMILES string of the molecule is Cc1cnc(Nc2cc(F)cc(OC(C)CC(N)=O)c2)nc1Nc1ccc2oc(=O)[nH]c2c1. The van der Waals surface area contributed by atoms with Gasteiger partial charge in [-0.05, 0) is 38.1 Å². The number of rotatable bonds is 8. The molecule has 0 spiro atoms. The molecule has 0 aliphatic carbocycles. The van der Waals surface area contributed by atoms with Gasteiger partial charge in [0.2, 0.25) is 11.9 Å². The number of nitrogens with two attached hydrogens (primary N) is 1. The molecule has 4 rings (SSSR count). The lowest BCUT2D eigenvalue weighted by molar-refractivity contribution is -0.119. The summed E-state index contributed by atoms with van der Waals surface area (Å²) >= 11 is 0. The molecule has 2 aromatic carbocycles. The van der Waals surface area contributed by atoms with E-state index in [4.69, 9.17) is 14.9 Å². The number of fused-ring (bicyclic) bond motifs is 1. The Bertz CT molecular complexity index is 1380. The first-order valence-corrected chi connectivity index (χ1v) is 10.0. The highest BCUT2D eigenvalue weighted by Crippen LogP contribution is 2.26. The number of ether oxygens (including phenoxy) is 1. The van der Waals surface area contributed by atoms with Crippen molar-refractivity contribution in [2.75, 3.05) is 10.6 Å². The van der Waals surface area contributed by atoms with E-state index < -0.39 is 23.6 Å². The number of anilines is 4. The van der Waals surface area contributed by atoms with Crippen LogP contribution in [-0.2, 0) is 4.79 Å². The van der Waals surface area contributed by atoms with Gasteiger partial charge in [-0.1, -0.05) is 0 Å². The van der Waals surface area contributed by atoms with Gasteiger partial charge in [-0.25, -0.2) is 14.2 Å². The van der Waals surface area contributed by atoms with Crippen molar-refractivity contribution in [1.82, 2.24) is 15.0 Å². The molecule has 1 amide bonds. The van der Waals surface area contributed by atoms with E-state index in [0.29, 0.717) is 28.3 Å². The Balaban J connectivity index is 1.53. The second kappa shape index (κ2) is 8.99. The number of oxazole rings is 1. The van der Waals surface area contributed by atoms with Crippen LogP contribution in [0.4, 0.5) is 27.5 Å². The van der Waals surface area contributed by atoms with Crippen LogP contribution in [0.1, 0.15) is 18.9 Å². The topological polar surface area (TPSA) is 148 Å². The molecule has 2 aromatic heterocycles. The molecule has 33 heavy (non-hydrogen) atoms. The number of primary amides is 1. The fourth-order valence-electron chi connectivity index (χ4n) is 3.18. The molecule has 0 saturated heterocycles. The van der Waals surface area contributed by atoms with Gasteiger partial charge in [-0.15, -0.1) is 0 Å². The Morgan fingerprint density at radius 1 is 1.24 bits per heavy atom. The minimum Gasteiger partial charge on any atom is -0.490 e. The third-order valence-electron chi connectivity index (χ3n) is 4.61. The molecule has 4 aromatic rings. The standard InChI is InChI=1S/C22H21FN6O4/c1-11-10-25-21(27-15-6-13(23)7-16(8-15)32-12(2)5-19(24)30)29-20(11)26-14-3-4-18-17(9-14)28-22(31)33-18/h3-4,6-10,12H,5H2,1-2H3,(H2,24,30)(H,28,31)(H2,25,26,27,29). The number of hydrogen-bond donors (Lipinski definition) is 4. The van der Waals surface area contributed by atoms with E-state index in [9.17, 15) is 14.0 Å². The number of carbonyl (C=O) groups is 1. The maximum atomic E-state index is 14.1. The molecule has 1 atom stereocenters. The highest BCUT2D eigenvalue weighted by Gasteiger charge is 2.11. The molecule has 10 nitrogen and oxygen atoms in total. The van der Waals surface area contributed by atoms with Crippen LogP contribution < -0.4 is 26.9 Å². The van der Waals surface area contributed by atoms with E-state index in [1.165, 1.54) is 12.1 Å². The van der Waals surface area contributed by atoms with Crippen molar-refractivity contribution in [2.24, 2.45) is 5.73 Å². The minimum absolute atomic E-state index is 0.00781. The highest BCUT2D eigenvalue weighted by molar-refractivity contribution is 5.78. The van der Waals surface area contributed by atoms with Gasteiger partial charge < -0.3 is 25.5 Å². The molecule has 0 radical (unpaired) electrons. The second-order valence-electron chi connectivity index (χ2n) is 7.48. The van der Waals surface area contributed by atoms with Crippen LogP contribution in [0.3, 0.4) is 0 Å². The molecule has 5 N–H and O–H groups in total. The molecule has 0 bridgehead atoms. The van der Waals surface area contributed by atoms with Crippen molar-refractivity contribution in [3.05, 3.63) is 64.5 Å². The minimum atomic E-state index is -0.533. The normalized spacial score (nSPS) is 11.8. The Morgan fingerprint density at radius 2 is 2.06 bits per heavy atom. The van der Waals surface area contributed by atoms with E-state index in [1.54, 1.807) is 37.4 Å². The number of H-pyrrole nitrogens is 1. The van der Waals surface area contributed by atoms with Gasteiger partial charge in [0.05, 0.1) is 11.9 Å². The van der Waals surface area contributed by atoms with Crippen molar-refractivity contribution in [3.8, 4) is 5.75 Å². The van der Waals surface area contributed by atoms with Gasteiger partial charge in [-0.3, -0.25) is 9.78 Å². The van der Waals surface area contributed by atoms with Gasteiger partial charge >= 0.3 is 5.76 Å². The molecule has 0 aliphatic heterocycles. The van der Waals surface area contributed by atoms with Gasteiger partial charge in [0.25, 0.3) is 0 Å². The fraction of sp³-hybridized carbons (Fsp3) is 0.182. The zero-order chi connectivity index (χ0) is 23.5. The van der Waals surface area contributed by atoms with E-state index in [1.807, 2.05) is 6.92 Å². The molecule has 1 unspecified atom stereocenters. The summed E-state index contributed by atoms with van der Waals surface area (Å²) in [6.45, 7) is 3.50. The van der Waals surface area contributed by atoms with Crippen molar-refractivity contribution >= 4 is 40.1 Å². The highest BCUT2D eigenvalue weighted by atomic mass is 19.1. The summed E-state index contributed by atoms with van der Waals surface area (Å²) in [6.07, 6.45) is 1.11. The summed E-state index contributed by atoms with van der Waals surface area (Å²) in [7, 11) is 0. The summed E-state index contributed by atoms with van der Waals surface area (Å²) < 4.78 is 24.7. The van der Waals surface area contributed by atoms with Crippen LogP contribution in [0, 0.1) is 12.7 Å². The number of carbonyl (C=O) groups excluding carboxylic acids is 1. The fourth-order valence-corrected chi connectivity index (χ4v) is 3.18. The van der Waals surface area contributed by atoms with Gasteiger partial charge in [0.15, 0.2) is 5.58 Å². The van der Waals surface area contributed by atoms with Crippen molar-refractivity contribution < 1.29 is 18.3 Å². The molecule has 2 heterocycles. The number of aromatic amines is 1. The molecular weight excluding hydrogens is 431 g/mol. The number of aryl methyl sites for hydroxylation is 1. The Hall–Kier alpha value is -4.41. The lowest BCUT2D eigenvalue weighted by atomic mass is 10.2. The van der Waals surface area contributed by atoms with Gasteiger partial charge in [0, 0.05) is 35.3 Å². The number of halogens is 1. The summed E-state index contributed by atoms with van der Waals surface area (Å²) in [4.78, 5) is 33.7. The largest absolute Gasteiger partial charge is 0.490 e. The van der Waals surface area contributed by atoms with Crippen molar-refractivity contribution in [2.45, 2.75) is 26.4 Å². The number of benzene rings is 2. The Kier molecular flexibility index (Phi) is 5.94. The smallest absolute Gasteiger partial charge is 0.417 e. The Morgan fingerprint density at radius 3 is 2.85 bits per heavy atom. The van der Waals surface area contributed by atoms with Crippen LogP contribution in [0.2, 0.25) is 0 Å². The lowest BCUT2D eigenvalue weighted by Crippen LogP contribution is -2.22. The average Bonchev–Trinajstić information content (AvgIpc) is 3.08. The van der Waals surface area contributed by atoms with Crippen LogP contribution in [0.25, 0.3) is 11.1 Å². The number of nitrogens with zero attached hydrogens (tertiary/aromatic N) is 2. The van der Waals surface area contributed by atoms with Gasteiger partial charge in [0.1, 0.15) is 23.5 Å². The van der Waals surface area contributed by atoms with E-state index >= 15 is 0 Å². The summed E-state index contributed by atoms with van der Waals surface area (Å²) in [5, 5.41) is 6.12. The molecule has 0 saturated carbocycles. The van der Waals surface area contributed by atoms with Crippen molar-refractivity contribution in [1.29, 1.82) is 0 Å².